The van der Waals surface area contributed by atoms with Gasteiger partial charge in [-0.1, -0.05) is 6.92 Å². The van der Waals surface area contributed by atoms with Gasteiger partial charge in [-0.15, -0.1) is 0 Å². The summed E-state index contributed by atoms with van der Waals surface area (Å²) in [4.78, 5) is 11.5. The minimum absolute atomic E-state index is 0.0818. The fourth-order valence-corrected chi connectivity index (χ4v) is 3.12. The summed E-state index contributed by atoms with van der Waals surface area (Å²) in [5, 5.41) is 12.7. The van der Waals surface area contributed by atoms with E-state index >= 15 is 0 Å². The van der Waals surface area contributed by atoms with Crippen LogP contribution >= 0.6 is 0 Å². The van der Waals surface area contributed by atoms with Crippen molar-refractivity contribution in [2.45, 2.75) is 57.1 Å². The Morgan fingerprint density at radius 1 is 1.40 bits per heavy atom. The third-order valence-electron chi connectivity index (χ3n) is 4.50. The zero-order valence-corrected chi connectivity index (χ0v) is 12.4. The molecule has 1 heterocycles. The number of carboxylic acid groups (broad SMARTS) is 1. The van der Waals surface area contributed by atoms with Crippen molar-refractivity contribution in [1.29, 1.82) is 0 Å². The second-order valence-electron chi connectivity index (χ2n) is 6.07. The largest absolute Gasteiger partial charge is 0.480 e. The molecule has 0 bridgehead atoms. The third-order valence-corrected chi connectivity index (χ3v) is 4.50. The molecule has 1 saturated heterocycles. The summed E-state index contributed by atoms with van der Waals surface area (Å²) < 4.78 is 11.3. The summed E-state index contributed by atoms with van der Waals surface area (Å²) in [5.41, 5.74) is -0.768. The minimum Gasteiger partial charge on any atom is -0.480 e. The van der Waals surface area contributed by atoms with Crippen molar-refractivity contribution in [2.75, 3.05) is 26.4 Å². The van der Waals surface area contributed by atoms with Crippen molar-refractivity contribution >= 4 is 5.97 Å². The van der Waals surface area contributed by atoms with Crippen molar-refractivity contribution in [3.63, 3.8) is 0 Å². The van der Waals surface area contributed by atoms with Crippen molar-refractivity contribution in [1.82, 2.24) is 5.32 Å². The maximum Gasteiger partial charge on any atom is 0.323 e. The van der Waals surface area contributed by atoms with Crippen LogP contribution in [-0.4, -0.2) is 49.1 Å². The second kappa shape index (κ2) is 7.38. The average Bonchev–Trinajstić information content (AvgIpc) is 2.89. The van der Waals surface area contributed by atoms with Crippen LogP contribution in [-0.2, 0) is 14.3 Å². The van der Waals surface area contributed by atoms with Gasteiger partial charge >= 0.3 is 5.97 Å². The van der Waals surface area contributed by atoms with Crippen LogP contribution in [0.1, 0.15) is 45.4 Å². The van der Waals surface area contributed by atoms with Crippen LogP contribution in [0.5, 0.6) is 0 Å². The van der Waals surface area contributed by atoms with Gasteiger partial charge in [0.05, 0.1) is 6.10 Å². The first kappa shape index (κ1) is 15.7. The Hall–Kier alpha value is -0.650. The first-order chi connectivity index (χ1) is 9.66. The molecule has 1 saturated carbocycles. The predicted molar refractivity (Wildman–Crippen MR) is 75.8 cm³/mol. The Bertz CT molecular complexity index is 317. The van der Waals surface area contributed by atoms with Crippen molar-refractivity contribution in [3.05, 3.63) is 0 Å². The lowest BCUT2D eigenvalue weighted by Gasteiger charge is -2.27. The molecule has 2 aliphatic rings. The number of nitrogens with one attached hydrogen (secondary N) is 1. The fraction of sp³-hybridized carbons (Fsp3) is 0.933. The van der Waals surface area contributed by atoms with Gasteiger partial charge in [0, 0.05) is 26.2 Å². The lowest BCUT2D eigenvalue weighted by atomic mass is 9.97. The van der Waals surface area contributed by atoms with Crippen LogP contribution in [0.25, 0.3) is 0 Å². The normalized spacial score (nSPS) is 31.6. The Morgan fingerprint density at radius 2 is 2.15 bits per heavy atom. The van der Waals surface area contributed by atoms with E-state index in [2.05, 4.69) is 12.2 Å². The summed E-state index contributed by atoms with van der Waals surface area (Å²) in [5.74, 6) is -0.157. The zero-order chi connectivity index (χ0) is 14.4. The van der Waals surface area contributed by atoms with Gasteiger partial charge in [-0.05, 0) is 44.6 Å². The number of ether oxygens (including phenoxy) is 2. The smallest absolute Gasteiger partial charge is 0.323 e. The van der Waals surface area contributed by atoms with Gasteiger partial charge in [-0.3, -0.25) is 4.79 Å². The van der Waals surface area contributed by atoms with Crippen LogP contribution < -0.4 is 5.32 Å². The Kier molecular flexibility index (Phi) is 5.81. The molecule has 2 fully saturated rings. The highest BCUT2D eigenvalue weighted by molar-refractivity contribution is 5.79. The lowest BCUT2D eigenvalue weighted by Crippen LogP contribution is -2.50. The molecule has 0 amide bonds. The standard InChI is InChI=1S/C15H27NO4/c1-2-7-16-15(14(17)18)6-3-13(10-15)20-11-12-4-8-19-9-5-12/h12-13,16H,2-11H2,1H3,(H,17,18). The number of carboxylic acids is 1. The molecule has 5 heteroatoms. The molecule has 5 nitrogen and oxygen atoms in total. The number of hydrogen-bond donors (Lipinski definition) is 2. The van der Waals surface area contributed by atoms with Crippen molar-refractivity contribution in [2.24, 2.45) is 5.92 Å². The van der Waals surface area contributed by atoms with E-state index in [1.54, 1.807) is 0 Å². The number of aliphatic carboxylic acids is 1. The SMILES string of the molecule is CCCNC1(C(=O)O)CCC(OCC2CCOCC2)C1. The summed E-state index contributed by atoms with van der Waals surface area (Å²) in [6, 6.07) is 0. The van der Waals surface area contributed by atoms with Crippen molar-refractivity contribution in [3.8, 4) is 0 Å². The van der Waals surface area contributed by atoms with Gasteiger partial charge in [0.1, 0.15) is 5.54 Å². The Morgan fingerprint density at radius 3 is 2.80 bits per heavy atom. The molecule has 20 heavy (non-hydrogen) atoms. The highest BCUT2D eigenvalue weighted by Gasteiger charge is 2.45. The lowest BCUT2D eigenvalue weighted by molar-refractivity contribution is -0.145. The first-order valence-corrected chi connectivity index (χ1v) is 7.84. The van der Waals surface area contributed by atoms with E-state index in [0.29, 0.717) is 18.8 Å². The number of carbonyl (C=O) groups is 1. The van der Waals surface area contributed by atoms with Crippen LogP contribution in [0, 0.1) is 5.92 Å². The van der Waals surface area contributed by atoms with E-state index in [-0.39, 0.29) is 6.10 Å². The molecule has 1 aliphatic carbocycles. The Balaban J connectivity index is 1.78. The predicted octanol–water partition coefficient (Wildman–Crippen LogP) is 1.81. The Labute approximate surface area is 121 Å². The number of hydrogen-bond acceptors (Lipinski definition) is 4. The summed E-state index contributed by atoms with van der Waals surface area (Å²) in [6.45, 7) is 5.21. The third kappa shape index (κ3) is 3.93. The van der Waals surface area contributed by atoms with Gasteiger partial charge < -0.3 is 19.9 Å². The van der Waals surface area contributed by atoms with E-state index in [9.17, 15) is 9.90 Å². The highest BCUT2D eigenvalue weighted by atomic mass is 16.5. The maximum absolute atomic E-state index is 11.5. The van der Waals surface area contributed by atoms with E-state index < -0.39 is 11.5 Å². The molecule has 0 aromatic rings. The van der Waals surface area contributed by atoms with E-state index in [4.69, 9.17) is 9.47 Å². The fourth-order valence-electron chi connectivity index (χ4n) is 3.12. The molecule has 0 radical (unpaired) electrons. The molecule has 2 rings (SSSR count). The number of rotatable bonds is 7. The van der Waals surface area contributed by atoms with Crippen LogP contribution in [0.4, 0.5) is 0 Å². The molecular weight excluding hydrogens is 258 g/mol. The van der Waals surface area contributed by atoms with E-state index in [1.807, 2.05) is 0 Å². The highest BCUT2D eigenvalue weighted by Crippen LogP contribution is 2.33. The second-order valence-corrected chi connectivity index (χ2v) is 6.07. The summed E-state index contributed by atoms with van der Waals surface area (Å²) >= 11 is 0. The van der Waals surface area contributed by atoms with Gasteiger partial charge in [0.25, 0.3) is 0 Å². The minimum atomic E-state index is -0.768. The molecule has 1 aliphatic heterocycles. The van der Waals surface area contributed by atoms with E-state index in [1.165, 1.54) is 0 Å². The van der Waals surface area contributed by atoms with Gasteiger partial charge in [-0.2, -0.15) is 0 Å². The van der Waals surface area contributed by atoms with E-state index in [0.717, 1.165) is 52.0 Å². The van der Waals surface area contributed by atoms with Gasteiger partial charge in [-0.25, -0.2) is 0 Å². The quantitative estimate of drug-likeness (QED) is 0.746. The molecule has 0 spiro atoms. The monoisotopic (exact) mass is 285 g/mol. The molecule has 0 aromatic carbocycles. The molecule has 2 N–H and O–H groups in total. The topological polar surface area (TPSA) is 67.8 Å². The average molecular weight is 285 g/mol. The molecule has 2 unspecified atom stereocenters. The molecular formula is C15H27NO4. The summed E-state index contributed by atoms with van der Waals surface area (Å²) in [7, 11) is 0. The van der Waals surface area contributed by atoms with Crippen LogP contribution in [0.2, 0.25) is 0 Å². The van der Waals surface area contributed by atoms with Crippen LogP contribution in [0.15, 0.2) is 0 Å². The molecule has 2 atom stereocenters. The van der Waals surface area contributed by atoms with Gasteiger partial charge in [0.15, 0.2) is 0 Å². The summed E-state index contributed by atoms with van der Waals surface area (Å²) in [6.07, 6.45) is 5.25. The van der Waals surface area contributed by atoms with Gasteiger partial charge in [0.2, 0.25) is 0 Å². The van der Waals surface area contributed by atoms with Crippen LogP contribution in [0.3, 0.4) is 0 Å². The molecule has 0 aromatic heterocycles. The first-order valence-electron chi connectivity index (χ1n) is 7.84. The van der Waals surface area contributed by atoms with Crippen molar-refractivity contribution < 1.29 is 19.4 Å². The maximum atomic E-state index is 11.5. The molecule has 116 valence electrons. The zero-order valence-electron chi connectivity index (χ0n) is 12.4.